The first-order valence-corrected chi connectivity index (χ1v) is 8.88. The highest BCUT2D eigenvalue weighted by molar-refractivity contribution is 5.91. The van der Waals surface area contributed by atoms with Crippen LogP contribution in [-0.4, -0.2) is 50.7 Å². The normalized spacial score (nSPS) is 11.8. The predicted molar refractivity (Wildman–Crippen MR) is 104 cm³/mol. The summed E-state index contributed by atoms with van der Waals surface area (Å²) in [6, 6.07) is 10.7. The number of hydrogen-bond donors (Lipinski definition) is 0. The second-order valence-corrected chi connectivity index (χ2v) is 6.08. The van der Waals surface area contributed by atoms with Crippen LogP contribution in [0.2, 0.25) is 0 Å². The minimum absolute atomic E-state index is 0.222. The Balaban J connectivity index is 1.97. The fourth-order valence-corrected chi connectivity index (χ4v) is 2.49. The molecule has 0 aliphatic rings. The van der Waals surface area contributed by atoms with Crippen LogP contribution in [0.5, 0.6) is 11.5 Å². The molecule has 0 aliphatic heterocycles. The van der Waals surface area contributed by atoms with E-state index in [1.54, 1.807) is 61.4 Å². The van der Waals surface area contributed by atoms with E-state index in [-0.39, 0.29) is 25.0 Å². The van der Waals surface area contributed by atoms with Crippen molar-refractivity contribution < 1.29 is 28.2 Å². The average molecular weight is 387 g/mol. The van der Waals surface area contributed by atoms with Crippen molar-refractivity contribution in [1.82, 2.24) is 4.90 Å². The predicted octanol–water partition coefficient (Wildman–Crippen LogP) is 3.02. The molecule has 0 radical (unpaired) electrons. The Morgan fingerprint density at radius 3 is 2.46 bits per heavy atom. The molecule has 0 bridgehead atoms. The van der Waals surface area contributed by atoms with E-state index in [4.69, 9.17) is 18.6 Å². The Hall–Kier alpha value is -3.22. The van der Waals surface area contributed by atoms with Gasteiger partial charge in [-0.15, -0.1) is 0 Å². The zero-order chi connectivity index (χ0) is 20.4. The van der Waals surface area contributed by atoms with E-state index in [1.807, 2.05) is 0 Å². The Kier molecular flexibility index (Phi) is 8.14. The van der Waals surface area contributed by atoms with Crippen molar-refractivity contribution in [3.63, 3.8) is 0 Å². The smallest absolute Gasteiger partial charge is 0.310 e. The van der Waals surface area contributed by atoms with E-state index in [1.165, 1.54) is 19.4 Å². The number of ether oxygens (including phenoxy) is 3. The van der Waals surface area contributed by atoms with Crippen LogP contribution in [0.4, 0.5) is 0 Å². The molecular formula is C21H25NO6. The van der Waals surface area contributed by atoms with Crippen LogP contribution in [0.1, 0.15) is 12.7 Å². The molecule has 7 nitrogen and oxygen atoms in total. The number of furan rings is 1. The van der Waals surface area contributed by atoms with Crippen LogP contribution in [0.25, 0.3) is 6.08 Å². The number of rotatable bonds is 10. The Labute approximate surface area is 164 Å². The van der Waals surface area contributed by atoms with Crippen molar-refractivity contribution in [1.29, 1.82) is 0 Å². The van der Waals surface area contributed by atoms with Crippen molar-refractivity contribution >= 4 is 18.0 Å². The van der Waals surface area contributed by atoms with Gasteiger partial charge in [0.1, 0.15) is 23.9 Å². The molecule has 150 valence electrons. The molecule has 1 atom stereocenters. The van der Waals surface area contributed by atoms with Crippen LogP contribution < -0.4 is 9.47 Å². The lowest BCUT2D eigenvalue weighted by atomic mass is 10.1. The average Bonchev–Trinajstić information content (AvgIpc) is 3.24. The first kappa shape index (κ1) is 21.1. The lowest BCUT2D eigenvalue weighted by Gasteiger charge is -2.24. The molecule has 7 heteroatoms. The van der Waals surface area contributed by atoms with E-state index in [0.717, 1.165) is 5.75 Å². The van der Waals surface area contributed by atoms with Crippen LogP contribution in [0.3, 0.4) is 0 Å². The minimum Gasteiger partial charge on any atom is -0.497 e. The van der Waals surface area contributed by atoms with Crippen molar-refractivity contribution in [2.24, 2.45) is 5.92 Å². The summed E-state index contributed by atoms with van der Waals surface area (Å²) < 4.78 is 20.8. The molecule has 0 saturated heterocycles. The number of nitrogens with zero attached hydrogens (tertiary/aromatic N) is 1. The number of carbonyl (C=O) groups is 2. The quantitative estimate of drug-likeness (QED) is 0.461. The molecule has 1 amide bonds. The van der Waals surface area contributed by atoms with E-state index >= 15 is 0 Å². The maximum atomic E-state index is 12.6. The van der Waals surface area contributed by atoms with E-state index in [2.05, 4.69) is 0 Å². The topological polar surface area (TPSA) is 78.2 Å². The SMILES string of the molecule is COC(=O)C(C)CN(CCOc1ccc(OC)cc1)C(=O)/C=C/c1ccco1. The molecule has 1 heterocycles. The summed E-state index contributed by atoms with van der Waals surface area (Å²) in [5.41, 5.74) is 0. The third-order valence-electron chi connectivity index (χ3n) is 4.03. The second-order valence-electron chi connectivity index (χ2n) is 6.08. The van der Waals surface area contributed by atoms with Gasteiger partial charge in [0.15, 0.2) is 0 Å². The number of esters is 1. The summed E-state index contributed by atoms with van der Waals surface area (Å²) in [6.45, 7) is 2.53. The summed E-state index contributed by atoms with van der Waals surface area (Å²) in [4.78, 5) is 25.9. The molecule has 0 aliphatic carbocycles. The summed E-state index contributed by atoms with van der Waals surface area (Å²) in [5.74, 6) is 0.907. The Bertz CT molecular complexity index is 767. The molecule has 2 rings (SSSR count). The molecule has 1 unspecified atom stereocenters. The van der Waals surface area contributed by atoms with Gasteiger partial charge in [0.2, 0.25) is 5.91 Å². The Morgan fingerprint density at radius 1 is 1.14 bits per heavy atom. The standard InChI is InChI=1S/C21H25NO6/c1-16(21(24)26-3)15-22(20(23)11-10-18-5-4-13-27-18)12-14-28-19-8-6-17(25-2)7-9-19/h4-11,13,16H,12,14-15H2,1-3H3/b11-10+. The third kappa shape index (κ3) is 6.50. The molecule has 2 aromatic rings. The van der Waals surface area contributed by atoms with Crippen LogP contribution >= 0.6 is 0 Å². The monoisotopic (exact) mass is 387 g/mol. The summed E-state index contributed by atoms with van der Waals surface area (Å²) in [6.07, 6.45) is 4.53. The van der Waals surface area contributed by atoms with Gasteiger partial charge >= 0.3 is 5.97 Å². The van der Waals surface area contributed by atoms with Gasteiger partial charge in [-0.05, 0) is 42.5 Å². The zero-order valence-corrected chi connectivity index (χ0v) is 16.3. The first-order chi connectivity index (χ1) is 13.5. The lowest BCUT2D eigenvalue weighted by molar-refractivity contribution is -0.146. The fraction of sp³-hybridized carbons (Fsp3) is 0.333. The largest absolute Gasteiger partial charge is 0.497 e. The first-order valence-electron chi connectivity index (χ1n) is 8.88. The Morgan fingerprint density at radius 2 is 1.86 bits per heavy atom. The van der Waals surface area contributed by atoms with E-state index in [0.29, 0.717) is 18.1 Å². The number of hydrogen-bond acceptors (Lipinski definition) is 6. The molecule has 28 heavy (non-hydrogen) atoms. The maximum Gasteiger partial charge on any atom is 0.310 e. The molecular weight excluding hydrogens is 362 g/mol. The fourth-order valence-electron chi connectivity index (χ4n) is 2.49. The molecule has 0 N–H and O–H groups in total. The summed E-state index contributed by atoms with van der Waals surface area (Å²) in [7, 11) is 2.92. The number of benzene rings is 1. The maximum absolute atomic E-state index is 12.6. The summed E-state index contributed by atoms with van der Waals surface area (Å²) >= 11 is 0. The number of methoxy groups -OCH3 is 2. The zero-order valence-electron chi connectivity index (χ0n) is 16.3. The van der Waals surface area contributed by atoms with Crippen molar-refractivity contribution in [2.75, 3.05) is 33.9 Å². The van der Waals surface area contributed by atoms with Crippen LogP contribution in [0.15, 0.2) is 53.2 Å². The van der Waals surface area contributed by atoms with Gasteiger partial charge < -0.3 is 23.5 Å². The third-order valence-corrected chi connectivity index (χ3v) is 4.03. The van der Waals surface area contributed by atoms with Crippen molar-refractivity contribution in [2.45, 2.75) is 6.92 Å². The van der Waals surface area contributed by atoms with Gasteiger partial charge in [-0.2, -0.15) is 0 Å². The van der Waals surface area contributed by atoms with Crippen LogP contribution in [0, 0.1) is 5.92 Å². The highest BCUT2D eigenvalue weighted by Crippen LogP contribution is 2.17. The highest BCUT2D eigenvalue weighted by Gasteiger charge is 2.20. The highest BCUT2D eigenvalue weighted by atomic mass is 16.5. The molecule has 0 saturated carbocycles. The lowest BCUT2D eigenvalue weighted by Crippen LogP contribution is -2.38. The van der Waals surface area contributed by atoms with Crippen LogP contribution in [-0.2, 0) is 14.3 Å². The van der Waals surface area contributed by atoms with Gasteiger partial charge in [0, 0.05) is 12.6 Å². The molecule has 0 fully saturated rings. The van der Waals surface area contributed by atoms with Gasteiger partial charge in [0.05, 0.1) is 32.9 Å². The van der Waals surface area contributed by atoms with E-state index in [9.17, 15) is 9.59 Å². The molecule has 0 spiro atoms. The van der Waals surface area contributed by atoms with Gasteiger partial charge in [-0.1, -0.05) is 6.92 Å². The van der Waals surface area contributed by atoms with Crippen molar-refractivity contribution in [3.8, 4) is 11.5 Å². The molecule has 1 aromatic carbocycles. The van der Waals surface area contributed by atoms with Gasteiger partial charge in [0.25, 0.3) is 0 Å². The second kappa shape index (κ2) is 10.8. The van der Waals surface area contributed by atoms with Crippen molar-refractivity contribution in [3.05, 3.63) is 54.5 Å². The number of carbonyl (C=O) groups excluding carboxylic acids is 2. The van der Waals surface area contributed by atoms with Gasteiger partial charge in [-0.25, -0.2) is 0 Å². The summed E-state index contributed by atoms with van der Waals surface area (Å²) in [5, 5.41) is 0. The number of amides is 1. The van der Waals surface area contributed by atoms with Gasteiger partial charge in [-0.3, -0.25) is 9.59 Å². The molecule has 1 aromatic heterocycles. The van der Waals surface area contributed by atoms with E-state index < -0.39 is 5.92 Å². The minimum atomic E-state index is -0.452.